The summed E-state index contributed by atoms with van der Waals surface area (Å²) in [5.74, 6) is 1.03. The van der Waals surface area contributed by atoms with E-state index in [2.05, 4.69) is 5.32 Å². The van der Waals surface area contributed by atoms with Crippen LogP contribution in [0.3, 0.4) is 0 Å². The summed E-state index contributed by atoms with van der Waals surface area (Å²) in [7, 11) is 4.62. The van der Waals surface area contributed by atoms with Gasteiger partial charge in [0.15, 0.2) is 11.5 Å². The molecule has 1 aromatic heterocycles. The van der Waals surface area contributed by atoms with Gasteiger partial charge < -0.3 is 28.8 Å². The van der Waals surface area contributed by atoms with Crippen molar-refractivity contribution in [2.75, 3.05) is 27.9 Å². The molecule has 1 N–H and O–H groups in total. The molecule has 4 rings (SSSR count). The molecule has 2 unspecified atom stereocenters. The van der Waals surface area contributed by atoms with Crippen molar-refractivity contribution in [1.29, 1.82) is 0 Å². The van der Waals surface area contributed by atoms with Crippen LogP contribution in [0.2, 0.25) is 0 Å². The first-order valence-corrected chi connectivity index (χ1v) is 11.5. The van der Waals surface area contributed by atoms with Gasteiger partial charge in [0.25, 0.3) is 5.91 Å². The molecular weight excluding hydrogens is 448 g/mol. The van der Waals surface area contributed by atoms with Crippen molar-refractivity contribution in [2.45, 2.75) is 31.8 Å². The number of carbonyl (C=O) groups is 2. The lowest BCUT2D eigenvalue weighted by molar-refractivity contribution is -0.124. The molecule has 3 aromatic rings. The lowest BCUT2D eigenvalue weighted by Gasteiger charge is -2.42. The van der Waals surface area contributed by atoms with E-state index in [9.17, 15) is 9.59 Å². The van der Waals surface area contributed by atoms with Gasteiger partial charge >= 0.3 is 0 Å². The Hall–Kier alpha value is -3.94. The third kappa shape index (κ3) is 4.56. The van der Waals surface area contributed by atoms with E-state index in [4.69, 9.17) is 18.6 Å². The molecule has 0 saturated carbocycles. The highest BCUT2D eigenvalue weighted by atomic mass is 16.5. The number of hydrogen-bond donors (Lipinski definition) is 1. The van der Waals surface area contributed by atoms with E-state index in [0.29, 0.717) is 46.2 Å². The second-order valence-electron chi connectivity index (χ2n) is 8.26. The highest BCUT2D eigenvalue weighted by Gasteiger charge is 2.44. The minimum atomic E-state index is -0.659. The van der Waals surface area contributed by atoms with Gasteiger partial charge in [-0.25, -0.2) is 0 Å². The molecule has 2 heterocycles. The van der Waals surface area contributed by atoms with E-state index in [1.165, 1.54) is 7.11 Å². The molecule has 8 nitrogen and oxygen atoms in total. The Kier molecular flexibility index (Phi) is 7.29. The van der Waals surface area contributed by atoms with Gasteiger partial charge in [-0.2, -0.15) is 0 Å². The molecule has 184 valence electrons. The summed E-state index contributed by atoms with van der Waals surface area (Å²) < 4.78 is 22.0. The van der Waals surface area contributed by atoms with Crippen molar-refractivity contribution in [2.24, 2.45) is 0 Å². The SMILES string of the molecule is CCCN1C(=O)c2ccccc2C(C(=O)NCc2ccco2)C1c1cc(OC)c(OC)c(OC)c1. The highest BCUT2D eigenvalue weighted by Crippen LogP contribution is 2.47. The maximum atomic E-state index is 13.8. The largest absolute Gasteiger partial charge is 0.493 e. The smallest absolute Gasteiger partial charge is 0.254 e. The van der Waals surface area contributed by atoms with Crippen LogP contribution in [0.1, 0.15) is 52.5 Å². The maximum Gasteiger partial charge on any atom is 0.254 e. The zero-order chi connectivity index (χ0) is 24.9. The molecule has 35 heavy (non-hydrogen) atoms. The summed E-state index contributed by atoms with van der Waals surface area (Å²) in [4.78, 5) is 29.1. The van der Waals surface area contributed by atoms with Crippen molar-refractivity contribution in [3.8, 4) is 17.2 Å². The molecule has 2 atom stereocenters. The van der Waals surface area contributed by atoms with Crippen molar-refractivity contribution >= 4 is 11.8 Å². The van der Waals surface area contributed by atoms with E-state index >= 15 is 0 Å². The zero-order valence-electron chi connectivity index (χ0n) is 20.4. The molecule has 8 heteroatoms. The standard InChI is InChI=1S/C27H30N2O6/c1-5-12-29-24(17-14-21(32-2)25(34-4)22(15-17)33-3)23(19-10-6-7-11-20(19)27(29)31)26(30)28-16-18-9-8-13-35-18/h6-11,13-15,23-24H,5,12,16H2,1-4H3,(H,28,30). The van der Waals surface area contributed by atoms with Crippen molar-refractivity contribution in [3.05, 3.63) is 77.2 Å². The van der Waals surface area contributed by atoms with Crippen molar-refractivity contribution in [3.63, 3.8) is 0 Å². The molecule has 0 spiro atoms. The number of nitrogens with one attached hydrogen (secondary N) is 1. The number of furan rings is 1. The third-order valence-electron chi connectivity index (χ3n) is 6.23. The molecule has 2 aromatic carbocycles. The first kappa shape index (κ1) is 24.2. The van der Waals surface area contributed by atoms with Gasteiger partial charge in [-0.3, -0.25) is 9.59 Å². The van der Waals surface area contributed by atoms with Crippen LogP contribution >= 0.6 is 0 Å². The fourth-order valence-corrected chi connectivity index (χ4v) is 4.70. The number of carbonyl (C=O) groups excluding carboxylic acids is 2. The number of amides is 2. The second kappa shape index (κ2) is 10.5. The average molecular weight is 479 g/mol. The topological polar surface area (TPSA) is 90.2 Å². The number of fused-ring (bicyclic) bond motifs is 1. The number of rotatable bonds is 9. The van der Waals surface area contributed by atoms with Crippen LogP contribution in [0.4, 0.5) is 0 Å². The van der Waals surface area contributed by atoms with Crippen molar-refractivity contribution in [1.82, 2.24) is 10.2 Å². The quantitative estimate of drug-likeness (QED) is 0.493. The summed E-state index contributed by atoms with van der Waals surface area (Å²) in [6.07, 6.45) is 2.30. The molecule has 0 radical (unpaired) electrons. The number of nitrogens with zero attached hydrogens (tertiary/aromatic N) is 1. The van der Waals surface area contributed by atoms with Gasteiger partial charge in [-0.15, -0.1) is 0 Å². The Bertz CT molecular complexity index is 1170. The number of ether oxygens (including phenoxy) is 3. The first-order chi connectivity index (χ1) is 17.0. The predicted molar refractivity (Wildman–Crippen MR) is 130 cm³/mol. The fraction of sp³-hybridized carbons (Fsp3) is 0.333. The van der Waals surface area contributed by atoms with Crippen LogP contribution in [0, 0.1) is 0 Å². The Morgan fingerprint density at radius 3 is 2.34 bits per heavy atom. The van der Waals surface area contributed by atoms with Gasteiger partial charge in [0.1, 0.15) is 5.76 Å². The molecule has 0 fully saturated rings. The molecule has 1 aliphatic rings. The third-order valence-corrected chi connectivity index (χ3v) is 6.23. The van der Waals surface area contributed by atoms with E-state index in [1.54, 1.807) is 43.6 Å². The summed E-state index contributed by atoms with van der Waals surface area (Å²) >= 11 is 0. The Labute approximate surface area is 204 Å². The monoisotopic (exact) mass is 478 g/mol. The first-order valence-electron chi connectivity index (χ1n) is 11.5. The molecule has 0 bridgehead atoms. The van der Waals surface area contributed by atoms with Gasteiger partial charge in [0.05, 0.1) is 46.1 Å². The van der Waals surface area contributed by atoms with Gasteiger partial charge in [0.2, 0.25) is 11.7 Å². The normalized spacial score (nSPS) is 17.0. The second-order valence-corrected chi connectivity index (χ2v) is 8.26. The van der Waals surface area contributed by atoms with Gasteiger partial charge in [0, 0.05) is 12.1 Å². The number of hydrogen-bond acceptors (Lipinski definition) is 6. The molecular formula is C27H30N2O6. The molecule has 2 amide bonds. The zero-order valence-corrected chi connectivity index (χ0v) is 20.4. The molecule has 0 saturated heterocycles. The van der Waals surface area contributed by atoms with Crippen LogP contribution in [-0.4, -0.2) is 44.6 Å². The summed E-state index contributed by atoms with van der Waals surface area (Å²) in [6, 6.07) is 13.9. The Balaban J connectivity index is 1.86. The lowest BCUT2D eigenvalue weighted by atomic mass is 9.79. The summed E-state index contributed by atoms with van der Waals surface area (Å²) in [6.45, 7) is 2.73. The number of methoxy groups -OCH3 is 3. The average Bonchev–Trinajstić information content (AvgIpc) is 3.41. The minimum absolute atomic E-state index is 0.115. The van der Waals surface area contributed by atoms with E-state index in [-0.39, 0.29) is 18.4 Å². The van der Waals surface area contributed by atoms with Crippen LogP contribution < -0.4 is 19.5 Å². The summed E-state index contributed by atoms with van der Waals surface area (Å²) in [5.41, 5.74) is 1.93. The lowest BCUT2D eigenvalue weighted by Crippen LogP contribution is -2.47. The summed E-state index contributed by atoms with van der Waals surface area (Å²) in [5, 5.41) is 2.99. The highest BCUT2D eigenvalue weighted by molar-refractivity contribution is 6.01. The van der Waals surface area contributed by atoms with Crippen molar-refractivity contribution < 1.29 is 28.2 Å². The predicted octanol–water partition coefficient (Wildman–Crippen LogP) is 4.31. The number of benzene rings is 2. The van der Waals surface area contributed by atoms with E-state index in [1.807, 2.05) is 37.3 Å². The Morgan fingerprint density at radius 2 is 1.74 bits per heavy atom. The fourth-order valence-electron chi connectivity index (χ4n) is 4.70. The Morgan fingerprint density at radius 1 is 1.03 bits per heavy atom. The van der Waals surface area contributed by atoms with E-state index < -0.39 is 12.0 Å². The van der Waals surface area contributed by atoms with Crippen LogP contribution in [0.25, 0.3) is 0 Å². The maximum absolute atomic E-state index is 13.8. The van der Waals surface area contributed by atoms with Crippen LogP contribution in [0.15, 0.2) is 59.2 Å². The minimum Gasteiger partial charge on any atom is -0.493 e. The van der Waals surface area contributed by atoms with Gasteiger partial charge in [-0.1, -0.05) is 25.1 Å². The molecule has 1 aliphatic heterocycles. The van der Waals surface area contributed by atoms with Crippen LogP contribution in [-0.2, 0) is 11.3 Å². The van der Waals surface area contributed by atoms with E-state index in [0.717, 1.165) is 6.42 Å². The van der Waals surface area contributed by atoms with Crippen LogP contribution in [0.5, 0.6) is 17.2 Å². The van der Waals surface area contributed by atoms with Gasteiger partial charge in [-0.05, 0) is 47.9 Å². The molecule has 0 aliphatic carbocycles.